The molecule has 0 amide bonds. The van der Waals surface area contributed by atoms with Gasteiger partial charge in [-0.3, -0.25) is 4.90 Å². The van der Waals surface area contributed by atoms with E-state index in [0.29, 0.717) is 5.54 Å². The van der Waals surface area contributed by atoms with Crippen LogP contribution in [0.15, 0.2) is 0 Å². The van der Waals surface area contributed by atoms with Crippen molar-refractivity contribution in [1.29, 1.82) is 0 Å². The summed E-state index contributed by atoms with van der Waals surface area (Å²) in [4.78, 5) is 2.66. The third kappa shape index (κ3) is 2.98. The Labute approximate surface area is 101 Å². The summed E-state index contributed by atoms with van der Waals surface area (Å²) < 4.78 is 0. The fourth-order valence-corrected chi connectivity index (χ4v) is 3.36. The Kier molecular flexibility index (Phi) is 3.91. The Hall–Kier alpha value is -0.0800. The second kappa shape index (κ2) is 5.05. The van der Waals surface area contributed by atoms with Crippen LogP contribution in [0.4, 0.5) is 0 Å². The molecule has 2 nitrogen and oxygen atoms in total. The van der Waals surface area contributed by atoms with Gasteiger partial charge in [0.05, 0.1) is 0 Å². The zero-order valence-electron chi connectivity index (χ0n) is 11.3. The second-order valence-electron chi connectivity index (χ2n) is 6.58. The van der Waals surface area contributed by atoms with E-state index < -0.39 is 0 Å². The normalized spacial score (nSPS) is 27.2. The van der Waals surface area contributed by atoms with Gasteiger partial charge in [-0.2, -0.15) is 0 Å². The Morgan fingerprint density at radius 2 is 1.38 bits per heavy atom. The molecule has 2 rings (SSSR count). The lowest BCUT2D eigenvalue weighted by Gasteiger charge is -2.43. The standard InChI is InChI=1S/C14H28N2/c1-14(2,3)16-10-6-13(7-11-16)12-4-8-15-9-5-12/h12-13,15H,4-11H2,1-3H3. The number of nitrogens with zero attached hydrogens (tertiary/aromatic N) is 1. The summed E-state index contributed by atoms with van der Waals surface area (Å²) in [5, 5.41) is 3.48. The van der Waals surface area contributed by atoms with Gasteiger partial charge in [0.25, 0.3) is 0 Å². The molecule has 0 bridgehead atoms. The first-order valence-electron chi connectivity index (χ1n) is 7.03. The highest BCUT2D eigenvalue weighted by atomic mass is 15.2. The van der Waals surface area contributed by atoms with Gasteiger partial charge < -0.3 is 5.32 Å². The van der Waals surface area contributed by atoms with E-state index in [1.807, 2.05) is 0 Å². The minimum atomic E-state index is 0.374. The fourth-order valence-electron chi connectivity index (χ4n) is 3.36. The SMILES string of the molecule is CC(C)(C)N1CCC(C2CCNCC2)CC1. The van der Waals surface area contributed by atoms with E-state index in [1.165, 1.54) is 51.9 Å². The largest absolute Gasteiger partial charge is 0.317 e. The first kappa shape index (κ1) is 12.4. The first-order valence-corrected chi connectivity index (χ1v) is 7.03. The molecule has 0 aromatic rings. The smallest absolute Gasteiger partial charge is 0.0125 e. The Balaban J connectivity index is 1.80. The van der Waals surface area contributed by atoms with E-state index in [1.54, 1.807) is 0 Å². The van der Waals surface area contributed by atoms with Crippen molar-refractivity contribution in [3.63, 3.8) is 0 Å². The van der Waals surface area contributed by atoms with Gasteiger partial charge in [0, 0.05) is 5.54 Å². The fraction of sp³-hybridized carbons (Fsp3) is 1.00. The Morgan fingerprint density at radius 3 is 1.88 bits per heavy atom. The van der Waals surface area contributed by atoms with Crippen LogP contribution in [-0.4, -0.2) is 36.6 Å². The van der Waals surface area contributed by atoms with Crippen LogP contribution in [0.5, 0.6) is 0 Å². The molecule has 2 aliphatic rings. The van der Waals surface area contributed by atoms with Gasteiger partial charge in [0.15, 0.2) is 0 Å². The van der Waals surface area contributed by atoms with Gasteiger partial charge in [-0.25, -0.2) is 0 Å². The number of nitrogens with one attached hydrogen (secondary N) is 1. The predicted molar refractivity (Wildman–Crippen MR) is 69.6 cm³/mol. The number of rotatable bonds is 1. The molecule has 0 spiro atoms. The van der Waals surface area contributed by atoms with Crippen LogP contribution in [0.1, 0.15) is 46.5 Å². The summed E-state index contributed by atoms with van der Waals surface area (Å²) in [6.07, 6.45) is 5.70. The molecule has 0 radical (unpaired) electrons. The molecule has 2 aliphatic heterocycles. The van der Waals surface area contributed by atoms with Crippen molar-refractivity contribution in [3.05, 3.63) is 0 Å². The molecule has 2 heterocycles. The van der Waals surface area contributed by atoms with Crippen LogP contribution in [0.3, 0.4) is 0 Å². The van der Waals surface area contributed by atoms with Crippen LogP contribution in [-0.2, 0) is 0 Å². The van der Waals surface area contributed by atoms with E-state index >= 15 is 0 Å². The predicted octanol–water partition coefficient (Wildman–Crippen LogP) is 2.50. The minimum Gasteiger partial charge on any atom is -0.317 e. The van der Waals surface area contributed by atoms with Crippen LogP contribution in [0.25, 0.3) is 0 Å². The Bertz CT molecular complexity index is 205. The molecule has 2 fully saturated rings. The lowest BCUT2D eigenvalue weighted by molar-refractivity contribution is 0.0642. The second-order valence-corrected chi connectivity index (χ2v) is 6.58. The monoisotopic (exact) mass is 224 g/mol. The molecule has 0 unspecified atom stereocenters. The van der Waals surface area contributed by atoms with Gasteiger partial charge in [0.2, 0.25) is 0 Å². The van der Waals surface area contributed by atoms with Crippen molar-refractivity contribution in [2.24, 2.45) is 11.8 Å². The molecular weight excluding hydrogens is 196 g/mol. The number of hydrogen-bond acceptors (Lipinski definition) is 2. The van der Waals surface area contributed by atoms with Gasteiger partial charge in [-0.1, -0.05) is 0 Å². The van der Waals surface area contributed by atoms with Crippen molar-refractivity contribution in [3.8, 4) is 0 Å². The summed E-state index contributed by atoms with van der Waals surface area (Å²) in [5.74, 6) is 2.03. The summed E-state index contributed by atoms with van der Waals surface area (Å²) in [6.45, 7) is 12.2. The Morgan fingerprint density at radius 1 is 0.875 bits per heavy atom. The van der Waals surface area contributed by atoms with Crippen molar-refractivity contribution >= 4 is 0 Å². The quantitative estimate of drug-likeness (QED) is 0.736. The zero-order valence-corrected chi connectivity index (χ0v) is 11.3. The molecule has 0 aromatic carbocycles. The maximum Gasteiger partial charge on any atom is 0.0125 e. The van der Waals surface area contributed by atoms with E-state index in [-0.39, 0.29) is 0 Å². The molecule has 0 atom stereocenters. The minimum absolute atomic E-state index is 0.374. The van der Waals surface area contributed by atoms with Crippen LogP contribution >= 0.6 is 0 Å². The third-order valence-corrected chi connectivity index (χ3v) is 4.54. The average molecular weight is 224 g/mol. The highest BCUT2D eigenvalue weighted by Crippen LogP contribution is 2.32. The average Bonchev–Trinajstić information content (AvgIpc) is 2.29. The van der Waals surface area contributed by atoms with Crippen molar-refractivity contribution in [2.45, 2.75) is 52.0 Å². The van der Waals surface area contributed by atoms with E-state index in [2.05, 4.69) is 31.0 Å². The van der Waals surface area contributed by atoms with E-state index in [4.69, 9.17) is 0 Å². The summed E-state index contributed by atoms with van der Waals surface area (Å²) in [7, 11) is 0. The van der Waals surface area contributed by atoms with E-state index in [9.17, 15) is 0 Å². The van der Waals surface area contributed by atoms with Gasteiger partial charge in [0.1, 0.15) is 0 Å². The highest BCUT2D eigenvalue weighted by molar-refractivity contribution is 4.85. The zero-order chi connectivity index (χ0) is 11.6. The van der Waals surface area contributed by atoms with Crippen LogP contribution in [0.2, 0.25) is 0 Å². The summed E-state index contributed by atoms with van der Waals surface area (Å²) in [6, 6.07) is 0. The number of likely N-dealkylation sites (tertiary alicyclic amines) is 1. The number of piperidine rings is 2. The van der Waals surface area contributed by atoms with Gasteiger partial charge >= 0.3 is 0 Å². The number of hydrogen-bond donors (Lipinski definition) is 1. The lowest BCUT2D eigenvalue weighted by atomic mass is 9.78. The highest BCUT2D eigenvalue weighted by Gasteiger charge is 2.31. The van der Waals surface area contributed by atoms with Crippen molar-refractivity contribution < 1.29 is 0 Å². The summed E-state index contributed by atoms with van der Waals surface area (Å²) in [5.41, 5.74) is 0.374. The van der Waals surface area contributed by atoms with Crippen molar-refractivity contribution in [2.75, 3.05) is 26.2 Å². The van der Waals surface area contributed by atoms with Gasteiger partial charge in [-0.15, -0.1) is 0 Å². The molecule has 0 saturated carbocycles. The summed E-state index contributed by atoms with van der Waals surface area (Å²) >= 11 is 0. The van der Waals surface area contributed by atoms with E-state index in [0.717, 1.165) is 11.8 Å². The third-order valence-electron chi connectivity index (χ3n) is 4.54. The molecule has 1 N–H and O–H groups in total. The van der Waals surface area contributed by atoms with Crippen LogP contribution < -0.4 is 5.32 Å². The molecule has 2 heteroatoms. The molecule has 0 aliphatic carbocycles. The maximum absolute atomic E-state index is 3.48. The first-order chi connectivity index (χ1) is 7.57. The topological polar surface area (TPSA) is 15.3 Å². The molecule has 16 heavy (non-hydrogen) atoms. The molecule has 2 saturated heterocycles. The van der Waals surface area contributed by atoms with Gasteiger partial charge in [-0.05, 0) is 84.5 Å². The molecular formula is C14H28N2. The molecule has 0 aromatic heterocycles. The lowest BCUT2D eigenvalue weighted by Crippen LogP contribution is -2.47. The van der Waals surface area contributed by atoms with Crippen LogP contribution in [0, 0.1) is 11.8 Å². The van der Waals surface area contributed by atoms with Crippen molar-refractivity contribution in [1.82, 2.24) is 10.2 Å². The molecule has 94 valence electrons. The maximum atomic E-state index is 3.48.